The van der Waals surface area contributed by atoms with Gasteiger partial charge in [0.05, 0.1) is 11.4 Å². The molecule has 0 radical (unpaired) electrons. The molecular weight excluding hydrogens is 308 g/mol. The molecule has 0 amide bonds. The second kappa shape index (κ2) is 5.90. The van der Waals surface area contributed by atoms with Crippen LogP contribution in [0, 0.1) is 0 Å². The number of aliphatic carboxylic acids is 1. The Balaban J connectivity index is 1.78. The van der Waals surface area contributed by atoms with Crippen LogP contribution in [0.15, 0.2) is 29.3 Å². The molecule has 0 aromatic heterocycles. The van der Waals surface area contributed by atoms with Crippen molar-refractivity contribution >= 4 is 34.5 Å². The number of aromatic hydroxyl groups is 1. The molecule has 112 valence electrons. The van der Waals surface area contributed by atoms with Crippen molar-refractivity contribution in [3.8, 4) is 5.75 Å². The number of carboxylic acids is 1. The van der Waals surface area contributed by atoms with E-state index >= 15 is 0 Å². The average molecular weight is 324 g/mol. The lowest BCUT2D eigenvalue weighted by Crippen LogP contribution is -2.42. The van der Waals surface area contributed by atoms with Crippen molar-refractivity contribution in [2.75, 3.05) is 18.6 Å². The van der Waals surface area contributed by atoms with Gasteiger partial charge in [-0.25, -0.2) is 0 Å². The largest absolute Gasteiger partial charge is 0.507 e. The Morgan fingerprint density at radius 2 is 2.14 bits per heavy atom. The van der Waals surface area contributed by atoms with Gasteiger partial charge in [0.2, 0.25) is 0 Å². The van der Waals surface area contributed by atoms with Gasteiger partial charge < -0.3 is 10.2 Å². The number of aliphatic imine (C=N–C) groups is 1. The Hall–Kier alpha value is -1.18. The molecule has 2 aliphatic heterocycles. The van der Waals surface area contributed by atoms with Crippen LogP contribution in [0.5, 0.6) is 5.75 Å². The molecule has 0 saturated carbocycles. The smallest absolute Gasteiger partial charge is 0.321 e. The van der Waals surface area contributed by atoms with Gasteiger partial charge in [-0.3, -0.25) is 14.7 Å². The number of nitrogens with zero attached hydrogens (tertiary/aromatic N) is 2. The summed E-state index contributed by atoms with van der Waals surface area (Å²) in [5.74, 6) is 0.875. The highest BCUT2D eigenvalue weighted by Crippen LogP contribution is 2.37. The van der Waals surface area contributed by atoms with Crippen molar-refractivity contribution < 1.29 is 15.0 Å². The first-order chi connectivity index (χ1) is 10.1. The zero-order chi connectivity index (χ0) is 15.0. The van der Waals surface area contributed by atoms with E-state index in [2.05, 4.69) is 0 Å². The molecular formula is C14H16N2O3S2. The fraction of sp³-hybridized carbons (Fsp3) is 0.429. The number of carboxylic acid groups (broad SMARTS) is 1. The summed E-state index contributed by atoms with van der Waals surface area (Å²) in [6.07, 6.45) is 0. The van der Waals surface area contributed by atoms with Gasteiger partial charge >= 0.3 is 5.97 Å². The van der Waals surface area contributed by atoms with Gasteiger partial charge in [0, 0.05) is 17.1 Å². The molecule has 1 saturated heterocycles. The minimum absolute atomic E-state index is 0.0592. The number of phenolic OH excluding ortho intramolecular Hbond substituents is 1. The topological polar surface area (TPSA) is 73.1 Å². The van der Waals surface area contributed by atoms with Gasteiger partial charge in [-0.2, -0.15) is 0 Å². The summed E-state index contributed by atoms with van der Waals surface area (Å²) in [6.45, 7) is 0. The van der Waals surface area contributed by atoms with E-state index in [0.717, 1.165) is 16.4 Å². The standard InChI is InChI=1S/C14H16N2O3S2/c1-16-10(14(18)19)7-21-13(16)9-6-20-12(15-9)8-4-2-3-5-11(8)17/h2-5,9-10,13,17H,6-7H2,1H3,(H,18,19)/t9-,10+,13-/m1/s1. The SMILES string of the molecule is CN1[C@@H]([C@H]2CSC(c3ccccc3O)=N2)SC[C@H]1C(=O)O. The Morgan fingerprint density at radius 3 is 2.81 bits per heavy atom. The second-order valence-electron chi connectivity index (χ2n) is 5.07. The van der Waals surface area contributed by atoms with E-state index < -0.39 is 12.0 Å². The first kappa shape index (κ1) is 14.7. The Kier molecular flexibility index (Phi) is 4.14. The van der Waals surface area contributed by atoms with Crippen LogP contribution in [0.3, 0.4) is 0 Å². The third kappa shape index (κ3) is 2.77. The van der Waals surface area contributed by atoms with E-state index in [9.17, 15) is 15.0 Å². The van der Waals surface area contributed by atoms with Crippen molar-refractivity contribution in [3.63, 3.8) is 0 Å². The molecule has 2 aliphatic rings. The summed E-state index contributed by atoms with van der Waals surface area (Å²) >= 11 is 3.27. The van der Waals surface area contributed by atoms with Gasteiger partial charge in [0.1, 0.15) is 16.8 Å². The van der Waals surface area contributed by atoms with Crippen LogP contribution in [-0.4, -0.2) is 62.1 Å². The van der Waals surface area contributed by atoms with E-state index in [1.165, 1.54) is 0 Å². The molecule has 2 heterocycles. The predicted molar refractivity (Wildman–Crippen MR) is 86.3 cm³/mol. The Bertz CT molecular complexity index is 593. The van der Waals surface area contributed by atoms with E-state index in [1.807, 2.05) is 24.1 Å². The van der Waals surface area contributed by atoms with Crippen LogP contribution in [0.4, 0.5) is 0 Å². The molecule has 1 aromatic rings. The molecule has 2 N–H and O–H groups in total. The molecule has 21 heavy (non-hydrogen) atoms. The number of benzene rings is 1. The summed E-state index contributed by atoms with van der Waals surface area (Å²) in [5, 5.41) is 20.0. The maximum absolute atomic E-state index is 11.2. The number of rotatable bonds is 3. The zero-order valence-electron chi connectivity index (χ0n) is 11.5. The second-order valence-corrected chi connectivity index (χ2v) is 7.23. The van der Waals surface area contributed by atoms with Crippen LogP contribution >= 0.6 is 23.5 Å². The maximum atomic E-state index is 11.2. The van der Waals surface area contributed by atoms with Crippen molar-refractivity contribution in [1.29, 1.82) is 0 Å². The number of hydrogen-bond donors (Lipinski definition) is 2. The maximum Gasteiger partial charge on any atom is 0.321 e. The van der Waals surface area contributed by atoms with Crippen molar-refractivity contribution in [1.82, 2.24) is 4.90 Å². The van der Waals surface area contributed by atoms with Crippen molar-refractivity contribution in [2.24, 2.45) is 4.99 Å². The first-order valence-corrected chi connectivity index (χ1v) is 8.66. The minimum Gasteiger partial charge on any atom is -0.507 e. The number of carbonyl (C=O) groups is 1. The number of thioether (sulfide) groups is 2. The van der Waals surface area contributed by atoms with Crippen LogP contribution < -0.4 is 0 Å². The number of likely N-dealkylation sites (N-methyl/N-ethyl adjacent to an activating group) is 1. The lowest BCUT2D eigenvalue weighted by Gasteiger charge is -2.24. The molecule has 0 bridgehead atoms. The lowest BCUT2D eigenvalue weighted by atomic mass is 10.2. The van der Waals surface area contributed by atoms with Crippen LogP contribution in [0.1, 0.15) is 5.56 Å². The molecule has 3 atom stereocenters. The van der Waals surface area contributed by atoms with Gasteiger partial charge in [-0.15, -0.1) is 23.5 Å². The summed E-state index contributed by atoms with van der Waals surface area (Å²) in [7, 11) is 1.85. The minimum atomic E-state index is -0.775. The third-order valence-electron chi connectivity index (χ3n) is 3.74. The molecule has 1 fully saturated rings. The molecule has 5 nitrogen and oxygen atoms in total. The summed E-state index contributed by atoms with van der Waals surface area (Å²) < 4.78 is 0. The Morgan fingerprint density at radius 1 is 1.38 bits per heavy atom. The van der Waals surface area contributed by atoms with Gasteiger partial charge in [0.25, 0.3) is 0 Å². The normalized spacial score (nSPS) is 29.6. The van der Waals surface area contributed by atoms with Crippen LogP contribution in [0.25, 0.3) is 0 Å². The highest BCUT2D eigenvalue weighted by molar-refractivity contribution is 8.14. The van der Waals surface area contributed by atoms with Crippen LogP contribution in [-0.2, 0) is 4.79 Å². The van der Waals surface area contributed by atoms with Gasteiger partial charge in [-0.05, 0) is 19.2 Å². The van der Waals surface area contributed by atoms with Crippen LogP contribution in [0.2, 0.25) is 0 Å². The summed E-state index contributed by atoms with van der Waals surface area (Å²) in [6, 6.07) is 6.80. The summed E-state index contributed by atoms with van der Waals surface area (Å²) in [4.78, 5) is 17.8. The highest BCUT2D eigenvalue weighted by atomic mass is 32.2. The monoisotopic (exact) mass is 324 g/mol. The molecule has 7 heteroatoms. The lowest BCUT2D eigenvalue weighted by molar-refractivity contribution is -0.141. The predicted octanol–water partition coefficient (Wildman–Crippen LogP) is 1.71. The molecule has 0 unspecified atom stereocenters. The number of phenols is 1. The molecule has 0 spiro atoms. The average Bonchev–Trinajstić information content (AvgIpc) is 3.05. The quantitative estimate of drug-likeness (QED) is 0.882. The summed E-state index contributed by atoms with van der Waals surface area (Å²) in [5.41, 5.74) is 0.755. The molecule has 0 aliphatic carbocycles. The third-order valence-corrected chi connectivity index (χ3v) is 6.34. The van der Waals surface area contributed by atoms with E-state index in [4.69, 9.17) is 4.99 Å². The van der Waals surface area contributed by atoms with Crippen molar-refractivity contribution in [2.45, 2.75) is 17.5 Å². The fourth-order valence-electron chi connectivity index (χ4n) is 2.57. The number of hydrogen-bond acceptors (Lipinski definition) is 6. The van der Waals surface area contributed by atoms with E-state index in [1.54, 1.807) is 35.7 Å². The van der Waals surface area contributed by atoms with E-state index in [0.29, 0.717) is 5.75 Å². The zero-order valence-corrected chi connectivity index (χ0v) is 13.1. The highest BCUT2D eigenvalue weighted by Gasteiger charge is 2.41. The van der Waals surface area contributed by atoms with Gasteiger partial charge in [0.15, 0.2) is 0 Å². The van der Waals surface area contributed by atoms with Gasteiger partial charge in [-0.1, -0.05) is 12.1 Å². The number of para-hydroxylation sites is 1. The van der Waals surface area contributed by atoms with Crippen molar-refractivity contribution in [3.05, 3.63) is 29.8 Å². The first-order valence-electron chi connectivity index (χ1n) is 6.63. The molecule has 3 rings (SSSR count). The molecule has 1 aromatic carbocycles. The fourth-order valence-corrected chi connectivity index (χ4v) is 5.33. The van der Waals surface area contributed by atoms with E-state index in [-0.39, 0.29) is 17.2 Å². The Labute approximate surface area is 131 Å².